The maximum Gasteiger partial charge on any atom is 0.341 e. The zero-order chi connectivity index (χ0) is 8.97. The standard InChI is InChI=1S/C9H10O3/c1-11-8-6-4-3-5-7(8)9(10)12-2/h3-6H,1-2H3/i10+2. The van der Waals surface area contributed by atoms with Gasteiger partial charge in [0.1, 0.15) is 11.3 Å². The second-order valence-electron chi connectivity index (χ2n) is 2.19. The number of methoxy groups -OCH3 is 2. The lowest BCUT2D eigenvalue weighted by molar-refractivity contribution is 0.0597. The third-order valence-electron chi connectivity index (χ3n) is 1.51. The van der Waals surface area contributed by atoms with E-state index in [1.54, 1.807) is 24.3 Å². The van der Waals surface area contributed by atoms with Crippen molar-refractivity contribution in [3.05, 3.63) is 29.8 Å². The first-order valence-corrected chi connectivity index (χ1v) is 3.51. The van der Waals surface area contributed by atoms with Crippen LogP contribution in [0.15, 0.2) is 24.3 Å². The molecule has 1 aromatic carbocycles. The van der Waals surface area contributed by atoms with Gasteiger partial charge in [-0.1, -0.05) is 12.1 Å². The van der Waals surface area contributed by atoms with Crippen molar-refractivity contribution in [2.75, 3.05) is 14.2 Å². The van der Waals surface area contributed by atoms with Crippen LogP contribution in [0.1, 0.15) is 10.4 Å². The first kappa shape index (κ1) is 8.59. The summed E-state index contributed by atoms with van der Waals surface area (Å²) in [6.07, 6.45) is 0. The van der Waals surface area contributed by atoms with E-state index in [2.05, 4.69) is 4.74 Å². The fourth-order valence-corrected chi connectivity index (χ4v) is 0.923. The number of para-hydroxylation sites is 1. The predicted octanol–water partition coefficient (Wildman–Crippen LogP) is 1.48. The summed E-state index contributed by atoms with van der Waals surface area (Å²) in [5, 5.41) is 0. The van der Waals surface area contributed by atoms with Crippen LogP contribution in [0.25, 0.3) is 0 Å². The van der Waals surface area contributed by atoms with Crippen molar-refractivity contribution >= 4 is 5.97 Å². The van der Waals surface area contributed by atoms with Gasteiger partial charge in [-0.3, -0.25) is 0 Å². The maximum absolute atomic E-state index is 11.1. The summed E-state index contributed by atoms with van der Waals surface area (Å²) in [6, 6.07) is 6.93. The molecular formula is C9H10O3. The molecule has 0 saturated carbocycles. The Bertz CT molecular complexity index is 281. The summed E-state index contributed by atoms with van der Waals surface area (Å²) in [5.74, 6) is 0.150. The molecule has 0 unspecified atom stereocenters. The average molecular weight is 168 g/mol. The summed E-state index contributed by atoms with van der Waals surface area (Å²) < 4.78 is 9.53. The largest absolute Gasteiger partial charge is 0.496 e. The third kappa shape index (κ3) is 1.56. The molecule has 0 heterocycles. The van der Waals surface area contributed by atoms with Crippen LogP contribution in [0.5, 0.6) is 5.75 Å². The summed E-state index contributed by atoms with van der Waals surface area (Å²) in [5.41, 5.74) is 0.447. The molecule has 64 valence electrons. The number of hydrogen-bond donors (Lipinski definition) is 0. The van der Waals surface area contributed by atoms with Gasteiger partial charge < -0.3 is 9.47 Å². The van der Waals surface area contributed by atoms with Crippen molar-refractivity contribution in [3.8, 4) is 5.75 Å². The van der Waals surface area contributed by atoms with Gasteiger partial charge in [0.05, 0.1) is 14.2 Å². The van der Waals surface area contributed by atoms with Crippen molar-refractivity contribution in [3.63, 3.8) is 0 Å². The highest BCUT2D eigenvalue weighted by molar-refractivity contribution is 5.92. The van der Waals surface area contributed by atoms with Crippen LogP contribution in [0.2, 0.25) is 0 Å². The van der Waals surface area contributed by atoms with E-state index in [0.717, 1.165) is 0 Å². The number of carbonyl (C=O) groups excluding carboxylic acids is 1. The molecule has 0 radical (unpaired) electrons. The molecular weight excluding hydrogens is 158 g/mol. The monoisotopic (exact) mass is 168 g/mol. The fraction of sp³-hybridized carbons (Fsp3) is 0.222. The van der Waals surface area contributed by atoms with Crippen LogP contribution < -0.4 is 4.74 Å². The van der Waals surface area contributed by atoms with Gasteiger partial charge in [0.25, 0.3) is 0 Å². The molecule has 0 aromatic heterocycles. The minimum atomic E-state index is -0.382. The summed E-state index contributed by atoms with van der Waals surface area (Å²) >= 11 is 0. The molecule has 0 atom stereocenters. The normalized spacial score (nSPS) is 9.17. The molecule has 0 N–H and O–H groups in total. The predicted molar refractivity (Wildman–Crippen MR) is 44.3 cm³/mol. The number of carbonyl (C=O) groups is 1. The van der Waals surface area contributed by atoms with Gasteiger partial charge in [-0.2, -0.15) is 0 Å². The van der Waals surface area contributed by atoms with Gasteiger partial charge >= 0.3 is 5.97 Å². The topological polar surface area (TPSA) is 35.5 Å². The Balaban J connectivity index is 3.04. The Morgan fingerprint density at radius 2 is 1.92 bits per heavy atom. The summed E-state index contributed by atoms with van der Waals surface area (Å²) in [4.78, 5) is 11.1. The van der Waals surface area contributed by atoms with Gasteiger partial charge in [0.2, 0.25) is 0 Å². The molecule has 12 heavy (non-hydrogen) atoms. The molecule has 0 aliphatic rings. The SMILES string of the molecule is COC(=[18O])c1ccccc1OC. The molecule has 0 bridgehead atoms. The second-order valence-corrected chi connectivity index (χ2v) is 2.19. The molecule has 1 rings (SSSR count). The molecule has 0 aliphatic carbocycles. The zero-order valence-corrected chi connectivity index (χ0v) is 7.03. The van der Waals surface area contributed by atoms with Crippen LogP contribution in [0.3, 0.4) is 0 Å². The highest BCUT2D eigenvalue weighted by atomic mass is 18.1. The molecule has 0 saturated heterocycles. The molecule has 0 fully saturated rings. The smallest absolute Gasteiger partial charge is 0.341 e. The number of esters is 1. The van der Waals surface area contributed by atoms with Gasteiger partial charge in [-0.15, -0.1) is 0 Å². The lowest BCUT2D eigenvalue weighted by Gasteiger charge is -2.04. The van der Waals surface area contributed by atoms with Crippen LogP contribution in [0.4, 0.5) is 0 Å². The first-order valence-electron chi connectivity index (χ1n) is 3.51. The van der Waals surface area contributed by atoms with E-state index in [9.17, 15) is 4.79 Å². The lowest BCUT2D eigenvalue weighted by Crippen LogP contribution is -2.03. The van der Waals surface area contributed by atoms with E-state index < -0.39 is 0 Å². The molecule has 0 spiro atoms. The number of hydrogen-bond acceptors (Lipinski definition) is 3. The Morgan fingerprint density at radius 1 is 1.25 bits per heavy atom. The van der Waals surface area contributed by atoms with Crippen molar-refractivity contribution in [1.29, 1.82) is 0 Å². The van der Waals surface area contributed by atoms with Crippen LogP contribution in [-0.2, 0) is 4.74 Å². The maximum atomic E-state index is 11.1. The summed E-state index contributed by atoms with van der Waals surface area (Å²) in [7, 11) is 2.86. The van der Waals surface area contributed by atoms with Crippen molar-refractivity contribution in [2.24, 2.45) is 0 Å². The first-order chi connectivity index (χ1) is 5.79. The van der Waals surface area contributed by atoms with E-state index in [0.29, 0.717) is 11.3 Å². The van der Waals surface area contributed by atoms with Crippen LogP contribution in [-0.4, -0.2) is 20.2 Å². The fourth-order valence-electron chi connectivity index (χ4n) is 0.923. The lowest BCUT2D eigenvalue weighted by atomic mass is 10.2. The van der Waals surface area contributed by atoms with Gasteiger partial charge in [-0.25, -0.2) is 4.79 Å². The molecule has 0 aliphatic heterocycles. The van der Waals surface area contributed by atoms with E-state index >= 15 is 0 Å². The molecule has 1 aromatic rings. The van der Waals surface area contributed by atoms with Crippen LogP contribution in [0, 0.1) is 0 Å². The van der Waals surface area contributed by atoms with Gasteiger partial charge in [0, 0.05) is 0 Å². The Morgan fingerprint density at radius 3 is 2.50 bits per heavy atom. The van der Waals surface area contributed by atoms with E-state index in [1.165, 1.54) is 14.2 Å². The van der Waals surface area contributed by atoms with Crippen molar-refractivity contribution in [2.45, 2.75) is 0 Å². The zero-order valence-electron chi connectivity index (χ0n) is 7.03. The minimum Gasteiger partial charge on any atom is -0.496 e. The quantitative estimate of drug-likeness (QED) is 0.495. The van der Waals surface area contributed by atoms with Crippen molar-refractivity contribution < 1.29 is 14.3 Å². The van der Waals surface area contributed by atoms with E-state index in [-0.39, 0.29) is 5.97 Å². The number of rotatable bonds is 2. The van der Waals surface area contributed by atoms with Crippen LogP contribution >= 0.6 is 0 Å². The third-order valence-corrected chi connectivity index (χ3v) is 1.51. The molecule has 3 nitrogen and oxygen atoms in total. The Hall–Kier alpha value is -1.51. The van der Waals surface area contributed by atoms with E-state index in [1.807, 2.05) is 0 Å². The average Bonchev–Trinajstić information content (AvgIpc) is 2.16. The van der Waals surface area contributed by atoms with Crippen molar-refractivity contribution in [1.82, 2.24) is 0 Å². The van der Waals surface area contributed by atoms with E-state index in [4.69, 9.17) is 4.74 Å². The number of benzene rings is 1. The minimum absolute atomic E-state index is 0.382. The molecule has 3 heteroatoms. The second kappa shape index (κ2) is 3.76. The Labute approximate surface area is 70.9 Å². The molecule has 0 amide bonds. The number of ether oxygens (including phenoxy) is 2. The van der Waals surface area contributed by atoms with Gasteiger partial charge in [-0.05, 0) is 12.1 Å². The Kier molecular flexibility index (Phi) is 2.69. The van der Waals surface area contributed by atoms with Gasteiger partial charge in [0.15, 0.2) is 0 Å². The highest BCUT2D eigenvalue weighted by Crippen LogP contribution is 2.17. The summed E-state index contributed by atoms with van der Waals surface area (Å²) in [6.45, 7) is 0. The highest BCUT2D eigenvalue weighted by Gasteiger charge is 2.10.